The van der Waals surface area contributed by atoms with Gasteiger partial charge in [-0.15, -0.1) is 0 Å². The minimum Gasteiger partial charge on any atom is -0.497 e. The van der Waals surface area contributed by atoms with Crippen molar-refractivity contribution in [2.24, 2.45) is 0 Å². The van der Waals surface area contributed by atoms with Crippen molar-refractivity contribution in [1.82, 2.24) is 15.8 Å². The molecule has 3 aromatic rings. The molecule has 1 aromatic heterocycles. The van der Waals surface area contributed by atoms with E-state index < -0.39 is 23.8 Å². The van der Waals surface area contributed by atoms with E-state index in [0.717, 1.165) is 5.56 Å². The number of amides is 2. The largest absolute Gasteiger partial charge is 0.497 e. The molecule has 0 radical (unpaired) electrons. The van der Waals surface area contributed by atoms with E-state index >= 15 is 0 Å². The summed E-state index contributed by atoms with van der Waals surface area (Å²) in [6.45, 7) is -0.305. The number of nitrogens with zero attached hydrogens (tertiary/aromatic N) is 1. The Labute approximate surface area is 184 Å². The van der Waals surface area contributed by atoms with Gasteiger partial charge in [0.05, 0.1) is 33.2 Å². The lowest BCUT2D eigenvalue weighted by Crippen LogP contribution is -2.39. The average Bonchev–Trinajstić information content (AvgIpc) is 3.33. The van der Waals surface area contributed by atoms with Crippen molar-refractivity contribution in [2.75, 3.05) is 20.8 Å². The summed E-state index contributed by atoms with van der Waals surface area (Å²) in [5.41, 5.74) is 1.53. The molecule has 32 heavy (non-hydrogen) atoms. The molecule has 2 amide bonds. The lowest BCUT2D eigenvalue weighted by Gasteiger charge is -2.18. The van der Waals surface area contributed by atoms with Crippen LogP contribution in [0, 0.1) is 0 Å². The third-order valence-electron chi connectivity index (χ3n) is 4.66. The summed E-state index contributed by atoms with van der Waals surface area (Å²) in [6, 6.07) is 17.0. The highest BCUT2D eigenvalue weighted by Crippen LogP contribution is 2.21. The van der Waals surface area contributed by atoms with E-state index in [9.17, 15) is 14.4 Å². The molecule has 0 aliphatic rings. The van der Waals surface area contributed by atoms with Gasteiger partial charge in [0.15, 0.2) is 11.5 Å². The number of carbonyl (C=O) groups excluding carboxylic acids is 3. The fourth-order valence-electron chi connectivity index (χ4n) is 2.96. The van der Waals surface area contributed by atoms with Gasteiger partial charge in [-0.3, -0.25) is 14.4 Å². The summed E-state index contributed by atoms with van der Waals surface area (Å²) >= 11 is 0. The van der Waals surface area contributed by atoms with Gasteiger partial charge >= 0.3 is 5.97 Å². The molecule has 166 valence electrons. The molecule has 1 atom stereocenters. The maximum absolute atomic E-state index is 12.4. The number of benzene rings is 2. The Balaban J connectivity index is 1.60. The third kappa shape index (κ3) is 5.94. The zero-order chi connectivity index (χ0) is 22.9. The van der Waals surface area contributed by atoms with Crippen LogP contribution >= 0.6 is 0 Å². The molecule has 9 nitrogen and oxygen atoms in total. The van der Waals surface area contributed by atoms with Crippen LogP contribution in [0.1, 0.15) is 28.5 Å². The summed E-state index contributed by atoms with van der Waals surface area (Å²) < 4.78 is 15.1. The van der Waals surface area contributed by atoms with Crippen LogP contribution in [-0.2, 0) is 14.3 Å². The number of esters is 1. The van der Waals surface area contributed by atoms with Crippen LogP contribution in [0.4, 0.5) is 0 Å². The lowest BCUT2D eigenvalue weighted by atomic mass is 10.0. The van der Waals surface area contributed by atoms with Crippen molar-refractivity contribution in [3.63, 3.8) is 0 Å². The predicted molar refractivity (Wildman–Crippen MR) is 115 cm³/mol. The zero-order valence-electron chi connectivity index (χ0n) is 17.7. The summed E-state index contributed by atoms with van der Waals surface area (Å²) in [5.74, 6) is -0.425. The Bertz CT molecular complexity index is 1060. The normalized spacial score (nSPS) is 11.3. The lowest BCUT2D eigenvalue weighted by molar-refractivity contribution is -0.141. The predicted octanol–water partition coefficient (Wildman–Crippen LogP) is 2.50. The molecule has 0 bridgehead atoms. The van der Waals surface area contributed by atoms with E-state index in [2.05, 4.69) is 15.8 Å². The molecule has 2 N–H and O–H groups in total. The number of carbonyl (C=O) groups is 3. The molecule has 0 saturated carbocycles. The van der Waals surface area contributed by atoms with Gasteiger partial charge in [0.25, 0.3) is 5.91 Å². The topological polar surface area (TPSA) is 120 Å². The molecule has 1 unspecified atom stereocenters. The smallest absolute Gasteiger partial charge is 0.307 e. The number of ether oxygens (including phenoxy) is 2. The van der Waals surface area contributed by atoms with Crippen molar-refractivity contribution in [2.45, 2.75) is 12.5 Å². The summed E-state index contributed by atoms with van der Waals surface area (Å²) in [5, 5.41) is 8.98. The molecular formula is C23H23N3O6. The van der Waals surface area contributed by atoms with Crippen LogP contribution in [0.15, 0.2) is 65.2 Å². The van der Waals surface area contributed by atoms with Crippen molar-refractivity contribution in [1.29, 1.82) is 0 Å². The van der Waals surface area contributed by atoms with Gasteiger partial charge in [-0.25, -0.2) is 0 Å². The van der Waals surface area contributed by atoms with E-state index in [4.69, 9.17) is 14.0 Å². The molecule has 0 aliphatic heterocycles. The highest BCUT2D eigenvalue weighted by Gasteiger charge is 2.20. The molecule has 0 aliphatic carbocycles. The maximum atomic E-state index is 12.4. The third-order valence-corrected chi connectivity index (χ3v) is 4.66. The second-order valence-corrected chi connectivity index (χ2v) is 6.80. The van der Waals surface area contributed by atoms with Crippen molar-refractivity contribution in [3.8, 4) is 17.1 Å². The van der Waals surface area contributed by atoms with Gasteiger partial charge < -0.3 is 24.6 Å². The molecule has 0 saturated heterocycles. The first kappa shape index (κ1) is 22.5. The average molecular weight is 437 g/mol. The SMILES string of the molecule is COC(=O)CC(NC(=O)CNC(=O)c1cc(-c2ccccc2)on1)c1ccc(OC)cc1. The Hall–Kier alpha value is -4.14. The highest BCUT2D eigenvalue weighted by atomic mass is 16.5. The van der Waals surface area contributed by atoms with Crippen LogP contribution in [0.3, 0.4) is 0 Å². The number of rotatable bonds is 9. The Morgan fingerprint density at radius 2 is 1.75 bits per heavy atom. The molecule has 9 heteroatoms. The minimum absolute atomic E-state index is 0.0536. The monoisotopic (exact) mass is 437 g/mol. The standard InChI is InChI=1S/C23H23N3O6/c1-30-17-10-8-15(9-11-17)18(13-22(28)31-2)25-21(27)14-24-23(29)19-12-20(32-26-19)16-6-4-3-5-7-16/h3-12,18H,13-14H2,1-2H3,(H,24,29)(H,25,27). The molecular weight excluding hydrogens is 414 g/mol. The maximum Gasteiger partial charge on any atom is 0.307 e. The first-order chi connectivity index (χ1) is 15.5. The number of methoxy groups -OCH3 is 2. The van der Waals surface area contributed by atoms with Gasteiger partial charge in [0, 0.05) is 11.6 Å². The van der Waals surface area contributed by atoms with Crippen LogP contribution in [0.5, 0.6) is 5.75 Å². The van der Waals surface area contributed by atoms with E-state index in [1.54, 1.807) is 31.4 Å². The zero-order valence-corrected chi connectivity index (χ0v) is 17.7. The van der Waals surface area contributed by atoms with Crippen LogP contribution in [-0.4, -0.2) is 43.7 Å². The van der Waals surface area contributed by atoms with Crippen molar-refractivity contribution >= 4 is 17.8 Å². The highest BCUT2D eigenvalue weighted by molar-refractivity contribution is 5.95. The van der Waals surface area contributed by atoms with Crippen molar-refractivity contribution in [3.05, 3.63) is 71.9 Å². The van der Waals surface area contributed by atoms with E-state index in [-0.39, 0.29) is 18.7 Å². The Kier molecular flexibility index (Phi) is 7.58. The number of aromatic nitrogens is 1. The van der Waals surface area contributed by atoms with E-state index in [1.165, 1.54) is 13.2 Å². The summed E-state index contributed by atoms with van der Waals surface area (Å²) in [4.78, 5) is 36.6. The first-order valence-corrected chi connectivity index (χ1v) is 9.80. The first-order valence-electron chi connectivity index (χ1n) is 9.80. The Morgan fingerprint density at radius 3 is 2.41 bits per heavy atom. The second kappa shape index (κ2) is 10.8. The summed E-state index contributed by atoms with van der Waals surface area (Å²) in [6.07, 6.45) is -0.0633. The quantitative estimate of drug-likeness (QED) is 0.494. The van der Waals surface area contributed by atoms with Gasteiger partial charge in [-0.1, -0.05) is 47.6 Å². The van der Waals surface area contributed by atoms with Gasteiger partial charge in [0.1, 0.15) is 5.75 Å². The molecule has 2 aromatic carbocycles. The fourth-order valence-corrected chi connectivity index (χ4v) is 2.96. The van der Waals surface area contributed by atoms with Crippen molar-refractivity contribution < 1.29 is 28.4 Å². The number of hydrogen-bond donors (Lipinski definition) is 2. The van der Waals surface area contributed by atoms with E-state index in [1.807, 2.05) is 30.3 Å². The van der Waals surface area contributed by atoms with Gasteiger partial charge in [0.2, 0.25) is 5.91 Å². The fraction of sp³-hybridized carbons (Fsp3) is 0.217. The second-order valence-electron chi connectivity index (χ2n) is 6.80. The minimum atomic E-state index is -0.630. The van der Waals surface area contributed by atoms with E-state index in [0.29, 0.717) is 17.1 Å². The number of nitrogens with one attached hydrogen (secondary N) is 2. The van der Waals surface area contributed by atoms with Gasteiger partial charge in [-0.2, -0.15) is 0 Å². The summed E-state index contributed by atoms with van der Waals surface area (Å²) in [7, 11) is 2.82. The van der Waals surface area contributed by atoms with Crippen LogP contribution < -0.4 is 15.4 Å². The molecule has 3 rings (SSSR count). The van der Waals surface area contributed by atoms with Gasteiger partial charge in [-0.05, 0) is 17.7 Å². The van der Waals surface area contributed by atoms with Crippen LogP contribution in [0.2, 0.25) is 0 Å². The number of hydrogen-bond acceptors (Lipinski definition) is 7. The molecule has 0 fully saturated rings. The molecule has 0 spiro atoms. The van der Waals surface area contributed by atoms with Crippen LogP contribution in [0.25, 0.3) is 11.3 Å². The Morgan fingerprint density at radius 1 is 1.03 bits per heavy atom. The molecule has 1 heterocycles.